The van der Waals surface area contributed by atoms with Crippen LogP contribution >= 0.6 is 15.9 Å². The molecule has 30 heavy (non-hydrogen) atoms. The molecule has 152 valence electrons. The SMILES string of the molecule is CCOC(=O)c1ccc(-c2ccc(/C=C(\C#N)S(=O)(=O)c3ccc(Br)cc3)o2)cc1. The van der Waals surface area contributed by atoms with Crippen LogP contribution < -0.4 is 0 Å². The fourth-order valence-corrected chi connectivity index (χ4v) is 4.01. The third-order valence-electron chi connectivity index (χ3n) is 4.10. The summed E-state index contributed by atoms with van der Waals surface area (Å²) in [6, 6.07) is 17.6. The van der Waals surface area contributed by atoms with Gasteiger partial charge in [-0.3, -0.25) is 0 Å². The smallest absolute Gasteiger partial charge is 0.338 e. The first-order valence-corrected chi connectivity index (χ1v) is 11.1. The van der Waals surface area contributed by atoms with E-state index in [-0.39, 0.29) is 10.7 Å². The Bertz CT molecular complexity index is 1230. The van der Waals surface area contributed by atoms with Crippen molar-refractivity contribution in [2.45, 2.75) is 11.8 Å². The molecule has 1 heterocycles. The van der Waals surface area contributed by atoms with E-state index in [0.29, 0.717) is 23.5 Å². The number of furan rings is 1. The highest BCUT2D eigenvalue weighted by atomic mass is 79.9. The molecule has 2 aromatic carbocycles. The third kappa shape index (κ3) is 4.70. The molecule has 0 saturated heterocycles. The minimum atomic E-state index is -3.97. The lowest BCUT2D eigenvalue weighted by Gasteiger charge is -2.03. The van der Waals surface area contributed by atoms with Gasteiger partial charge in [-0.05, 0) is 55.5 Å². The van der Waals surface area contributed by atoms with E-state index in [1.54, 1.807) is 61.5 Å². The van der Waals surface area contributed by atoms with Gasteiger partial charge in [0.25, 0.3) is 0 Å². The van der Waals surface area contributed by atoms with E-state index in [4.69, 9.17) is 9.15 Å². The maximum absolute atomic E-state index is 12.7. The van der Waals surface area contributed by atoms with Crippen molar-refractivity contribution < 1.29 is 22.4 Å². The van der Waals surface area contributed by atoms with Crippen molar-refractivity contribution in [3.8, 4) is 17.4 Å². The molecule has 0 saturated carbocycles. The van der Waals surface area contributed by atoms with Crippen LogP contribution in [0.4, 0.5) is 0 Å². The summed E-state index contributed by atoms with van der Waals surface area (Å²) in [5.74, 6) is 0.274. The first kappa shape index (κ1) is 21.6. The predicted molar refractivity (Wildman–Crippen MR) is 115 cm³/mol. The Kier molecular flexibility index (Phi) is 6.55. The second kappa shape index (κ2) is 9.11. The van der Waals surface area contributed by atoms with Crippen molar-refractivity contribution in [3.05, 3.63) is 81.4 Å². The molecule has 0 fully saturated rings. The molecule has 0 aliphatic rings. The van der Waals surface area contributed by atoms with Gasteiger partial charge >= 0.3 is 5.97 Å². The Morgan fingerprint density at radius 1 is 1.10 bits per heavy atom. The second-order valence-electron chi connectivity index (χ2n) is 6.08. The number of carbonyl (C=O) groups excluding carboxylic acids is 1. The average molecular weight is 486 g/mol. The average Bonchev–Trinajstić information content (AvgIpc) is 3.21. The van der Waals surface area contributed by atoms with Gasteiger partial charge in [-0.25, -0.2) is 13.2 Å². The van der Waals surface area contributed by atoms with Crippen LogP contribution in [0.3, 0.4) is 0 Å². The van der Waals surface area contributed by atoms with Crippen LogP contribution in [0.15, 0.2) is 79.4 Å². The Morgan fingerprint density at radius 3 is 2.37 bits per heavy atom. The first-order chi connectivity index (χ1) is 14.3. The Morgan fingerprint density at radius 2 is 1.77 bits per heavy atom. The third-order valence-corrected chi connectivity index (χ3v) is 6.31. The Labute approximate surface area is 182 Å². The number of hydrogen-bond acceptors (Lipinski definition) is 6. The number of allylic oxidation sites excluding steroid dienone is 1. The second-order valence-corrected chi connectivity index (χ2v) is 8.91. The molecule has 0 aliphatic heterocycles. The summed E-state index contributed by atoms with van der Waals surface area (Å²) in [5.41, 5.74) is 1.11. The standard InChI is InChI=1S/C22H16BrNO5S/c1-2-28-22(25)16-5-3-15(4-6-16)21-12-9-18(29-21)13-20(14-24)30(26,27)19-10-7-17(23)8-11-19/h3-13H,2H2,1H3/b20-13+. The lowest BCUT2D eigenvalue weighted by molar-refractivity contribution is 0.0526. The molecule has 0 N–H and O–H groups in total. The normalized spacial score (nSPS) is 11.7. The van der Waals surface area contributed by atoms with Crippen molar-refractivity contribution in [1.82, 2.24) is 0 Å². The van der Waals surface area contributed by atoms with Gasteiger partial charge in [0, 0.05) is 16.1 Å². The quantitative estimate of drug-likeness (QED) is 0.350. The molecule has 1 aromatic heterocycles. The monoisotopic (exact) mass is 485 g/mol. The molecule has 0 spiro atoms. The molecule has 8 heteroatoms. The van der Waals surface area contributed by atoms with E-state index < -0.39 is 20.7 Å². The summed E-state index contributed by atoms with van der Waals surface area (Å²) in [4.78, 5) is 11.3. The minimum absolute atomic E-state index is 0.0137. The van der Waals surface area contributed by atoms with Crippen LogP contribution in [-0.4, -0.2) is 21.0 Å². The Hall–Kier alpha value is -3.15. The molecule has 3 rings (SSSR count). The number of nitriles is 1. The number of hydrogen-bond donors (Lipinski definition) is 0. The first-order valence-electron chi connectivity index (χ1n) is 8.85. The zero-order valence-electron chi connectivity index (χ0n) is 15.8. The fourth-order valence-electron chi connectivity index (χ4n) is 2.61. The van der Waals surface area contributed by atoms with Crippen LogP contribution in [0.1, 0.15) is 23.0 Å². The number of benzene rings is 2. The molecular formula is C22H16BrNO5S. The summed E-state index contributed by atoms with van der Waals surface area (Å²) in [7, 11) is -3.97. The van der Waals surface area contributed by atoms with Crippen molar-refractivity contribution in [3.63, 3.8) is 0 Å². The molecule has 0 radical (unpaired) electrons. The molecule has 0 atom stereocenters. The maximum Gasteiger partial charge on any atom is 0.338 e. The van der Waals surface area contributed by atoms with Gasteiger partial charge in [-0.1, -0.05) is 28.1 Å². The molecule has 3 aromatic rings. The molecule has 0 unspecified atom stereocenters. The summed E-state index contributed by atoms with van der Waals surface area (Å²) in [6.45, 7) is 2.02. The number of esters is 1. The predicted octanol–water partition coefficient (Wildman–Crippen LogP) is 5.22. The van der Waals surface area contributed by atoms with Crippen molar-refractivity contribution in [2.75, 3.05) is 6.61 Å². The minimum Gasteiger partial charge on any atom is -0.462 e. The van der Waals surface area contributed by atoms with E-state index in [0.717, 1.165) is 4.47 Å². The number of ether oxygens (including phenoxy) is 1. The lowest BCUT2D eigenvalue weighted by atomic mass is 10.1. The van der Waals surface area contributed by atoms with Crippen LogP contribution in [0.5, 0.6) is 0 Å². The molecular weight excluding hydrogens is 470 g/mol. The van der Waals surface area contributed by atoms with E-state index >= 15 is 0 Å². The zero-order valence-corrected chi connectivity index (χ0v) is 18.2. The lowest BCUT2D eigenvalue weighted by Crippen LogP contribution is -2.03. The summed E-state index contributed by atoms with van der Waals surface area (Å²) in [5, 5.41) is 9.40. The van der Waals surface area contributed by atoms with Gasteiger partial charge in [0.05, 0.1) is 17.1 Å². The van der Waals surface area contributed by atoms with Gasteiger partial charge in [-0.15, -0.1) is 0 Å². The van der Waals surface area contributed by atoms with Gasteiger partial charge in [-0.2, -0.15) is 5.26 Å². The van der Waals surface area contributed by atoms with Crippen LogP contribution in [-0.2, 0) is 14.6 Å². The van der Waals surface area contributed by atoms with Crippen LogP contribution in [0.2, 0.25) is 0 Å². The molecule has 0 bridgehead atoms. The van der Waals surface area contributed by atoms with Gasteiger partial charge < -0.3 is 9.15 Å². The van der Waals surface area contributed by atoms with Gasteiger partial charge in [0.2, 0.25) is 9.84 Å². The van der Waals surface area contributed by atoms with Crippen LogP contribution in [0, 0.1) is 11.3 Å². The van der Waals surface area contributed by atoms with E-state index in [9.17, 15) is 18.5 Å². The maximum atomic E-state index is 12.7. The van der Waals surface area contributed by atoms with Crippen molar-refractivity contribution in [1.29, 1.82) is 5.26 Å². The summed E-state index contributed by atoms with van der Waals surface area (Å²) < 4.78 is 36.8. The van der Waals surface area contributed by atoms with Crippen molar-refractivity contribution >= 4 is 37.8 Å². The van der Waals surface area contributed by atoms with E-state index in [1.165, 1.54) is 18.2 Å². The largest absolute Gasteiger partial charge is 0.462 e. The van der Waals surface area contributed by atoms with Gasteiger partial charge in [0.1, 0.15) is 17.6 Å². The van der Waals surface area contributed by atoms with E-state index in [1.807, 2.05) is 0 Å². The van der Waals surface area contributed by atoms with Crippen LogP contribution in [0.25, 0.3) is 17.4 Å². The Balaban J connectivity index is 1.87. The number of nitrogens with zero attached hydrogens (tertiary/aromatic N) is 1. The number of halogens is 1. The molecule has 0 amide bonds. The zero-order chi connectivity index (χ0) is 21.7. The highest BCUT2D eigenvalue weighted by molar-refractivity contribution is 9.10. The number of carbonyl (C=O) groups is 1. The van der Waals surface area contributed by atoms with E-state index in [2.05, 4.69) is 15.9 Å². The number of sulfone groups is 1. The summed E-state index contributed by atoms with van der Waals surface area (Å²) in [6.07, 6.45) is 1.19. The molecule has 0 aliphatic carbocycles. The molecule has 6 nitrogen and oxygen atoms in total. The fraction of sp³-hybridized carbons (Fsp3) is 0.0909. The highest BCUT2D eigenvalue weighted by Crippen LogP contribution is 2.27. The summed E-state index contributed by atoms with van der Waals surface area (Å²) >= 11 is 3.25. The number of rotatable bonds is 6. The highest BCUT2D eigenvalue weighted by Gasteiger charge is 2.21. The topological polar surface area (TPSA) is 97.4 Å². The van der Waals surface area contributed by atoms with Gasteiger partial charge in [0.15, 0.2) is 4.91 Å². The van der Waals surface area contributed by atoms with Crippen molar-refractivity contribution in [2.24, 2.45) is 0 Å².